The van der Waals surface area contributed by atoms with Crippen LogP contribution >= 0.6 is 11.6 Å². The van der Waals surface area contributed by atoms with Crippen LogP contribution in [-0.2, 0) is 0 Å². The number of hydrogen-bond acceptors (Lipinski definition) is 1. The largest absolute Gasteiger partial charge is 0.244 e. The van der Waals surface area contributed by atoms with Crippen LogP contribution < -0.4 is 0 Å². The van der Waals surface area contributed by atoms with Gasteiger partial charge in [0.1, 0.15) is 5.17 Å². The normalized spacial score (nSPS) is 13.3. The molecule has 0 radical (unpaired) electrons. The molecule has 0 aromatic rings. The van der Waals surface area contributed by atoms with E-state index in [1.807, 2.05) is 6.20 Å². The summed E-state index contributed by atoms with van der Waals surface area (Å²) in [6.07, 6.45) is 9.29. The molecule has 0 bridgehead atoms. The number of unbranched alkanes of at least 4 members (excludes halogenated alkanes) is 1. The maximum Gasteiger partial charge on any atom is 0.136 e. The average Bonchev–Trinajstić information content (AvgIpc) is 2.30. The number of hydrogen-bond donors (Lipinski definition) is 0. The molecule has 1 nitrogen and oxygen atoms in total. The smallest absolute Gasteiger partial charge is 0.136 e. The molecule has 17 heavy (non-hydrogen) atoms. The number of rotatable bonds is 6. The fraction of sp³-hybridized carbons (Fsp3) is 0.533. The van der Waals surface area contributed by atoms with Crippen LogP contribution in [0.3, 0.4) is 0 Å². The van der Waals surface area contributed by atoms with Gasteiger partial charge in [0.05, 0.1) is 0 Å². The Labute approximate surface area is 111 Å². The molecule has 0 aromatic carbocycles. The molecule has 0 aliphatic heterocycles. The molecule has 0 saturated heterocycles. The van der Waals surface area contributed by atoms with E-state index in [4.69, 9.17) is 11.6 Å². The lowest BCUT2D eigenvalue weighted by atomic mass is 10.1. The van der Waals surface area contributed by atoms with Crippen molar-refractivity contribution in [3.8, 4) is 0 Å². The Morgan fingerprint density at radius 2 is 1.82 bits per heavy atom. The number of aliphatic imine (C=N–C) groups is 1. The molecule has 0 heterocycles. The molecule has 0 aliphatic rings. The SMILES string of the molecule is CCC/C=C\C(=C(C)C)/C(Cl)=N\C=C(\C)CC. The van der Waals surface area contributed by atoms with Crippen molar-refractivity contribution in [1.29, 1.82) is 0 Å². The minimum Gasteiger partial charge on any atom is -0.244 e. The summed E-state index contributed by atoms with van der Waals surface area (Å²) < 4.78 is 0. The zero-order chi connectivity index (χ0) is 13.3. The summed E-state index contributed by atoms with van der Waals surface area (Å²) in [6.45, 7) is 10.4. The van der Waals surface area contributed by atoms with E-state index in [2.05, 4.69) is 51.8 Å². The molecule has 0 aromatic heterocycles. The van der Waals surface area contributed by atoms with Gasteiger partial charge in [0.2, 0.25) is 0 Å². The van der Waals surface area contributed by atoms with Gasteiger partial charge < -0.3 is 0 Å². The Bertz CT molecular complexity index is 342. The van der Waals surface area contributed by atoms with Crippen LogP contribution in [0.4, 0.5) is 0 Å². The van der Waals surface area contributed by atoms with Crippen molar-refractivity contribution < 1.29 is 0 Å². The highest BCUT2D eigenvalue weighted by atomic mass is 35.5. The summed E-state index contributed by atoms with van der Waals surface area (Å²) in [5.74, 6) is 0. The van der Waals surface area contributed by atoms with Crippen molar-refractivity contribution in [2.45, 2.75) is 53.9 Å². The first-order valence-corrected chi connectivity index (χ1v) is 6.64. The third kappa shape index (κ3) is 7.17. The predicted octanol–water partition coefficient (Wildman–Crippen LogP) is 5.63. The van der Waals surface area contributed by atoms with E-state index in [-0.39, 0.29) is 0 Å². The molecule has 0 spiro atoms. The molecule has 0 atom stereocenters. The summed E-state index contributed by atoms with van der Waals surface area (Å²) in [7, 11) is 0. The molecule has 0 saturated carbocycles. The molecule has 96 valence electrons. The van der Waals surface area contributed by atoms with Crippen molar-refractivity contribution in [2.75, 3.05) is 0 Å². The number of halogens is 1. The van der Waals surface area contributed by atoms with E-state index >= 15 is 0 Å². The van der Waals surface area contributed by atoms with Crippen LogP contribution in [0.5, 0.6) is 0 Å². The fourth-order valence-electron chi connectivity index (χ4n) is 1.14. The molecule has 0 amide bonds. The molecule has 0 N–H and O–H groups in total. The molecule has 0 rings (SSSR count). The second kappa shape index (κ2) is 9.23. The van der Waals surface area contributed by atoms with Crippen LogP contribution in [-0.4, -0.2) is 5.17 Å². The fourth-order valence-corrected chi connectivity index (χ4v) is 1.44. The highest BCUT2D eigenvalue weighted by Gasteiger charge is 2.01. The van der Waals surface area contributed by atoms with Gasteiger partial charge in [-0.15, -0.1) is 0 Å². The van der Waals surface area contributed by atoms with E-state index in [1.54, 1.807) is 0 Å². The first kappa shape index (κ1) is 16.2. The lowest BCUT2D eigenvalue weighted by Gasteiger charge is -2.02. The predicted molar refractivity (Wildman–Crippen MR) is 79.8 cm³/mol. The van der Waals surface area contributed by atoms with Crippen LogP contribution in [0.1, 0.15) is 53.9 Å². The quantitative estimate of drug-likeness (QED) is 0.430. The molecule has 0 unspecified atom stereocenters. The summed E-state index contributed by atoms with van der Waals surface area (Å²) in [5, 5.41) is 0.574. The lowest BCUT2D eigenvalue weighted by molar-refractivity contribution is 0.958. The maximum absolute atomic E-state index is 6.22. The van der Waals surface area contributed by atoms with Crippen LogP contribution in [0.15, 0.2) is 40.1 Å². The van der Waals surface area contributed by atoms with Gasteiger partial charge in [-0.05, 0) is 33.6 Å². The van der Waals surface area contributed by atoms with Gasteiger partial charge in [-0.2, -0.15) is 0 Å². The number of nitrogens with zero attached hydrogens (tertiary/aromatic N) is 1. The van der Waals surface area contributed by atoms with Crippen molar-refractivity contribution in [3.05, 3.63) is 35.1 Å². The Kier molecular flexibility index (Phi) is 8.79. The number of allylic oxidation sites excluding steroid dienone is 5. The zero-order valence-corrected chi connectivity index (χ0v) is 12.4. The van der Waals surface area contributed by atoms with E-state index in [1.165, 1.54) is 11.1 Å². The second-order valence-corrected chi connectivity index (χ2v) is 4.71. The third-order valence-corrected chi connectivity index (χ3v) is 2.76. The Balaban J connectivity index is 4.92. The third-order valence-electron chi connectivity index (χ3n) is 2.46. The minimum absolute atomic E-state index is 0.574. The summed E-state index contributed by atoms with van der Waals surface area (Å²) >= 11 is 6.22. The molecule has 0 fully saturated rings. The first-order valence-electron chi connectivity index (χ1n) is 6.26. The van der Waals surface area contributed by atoms with Crippen molar-refractivity contribution in [3.63, 3.8) is 0 Å². The van der Waals surface area contributed by atoms with Gasteiger partial charge in [0, 0.05) is 11.8 Å². The monoisotopic (exact) mass is 253 g/mol. The Morgan fingerprint density at radius 1 is 1.18 bits per heavy atom. The molecular weight excluding hydrogens is 230 g/mol. The minimum atomic E-state index is 0.574. The van der Waals surface area contributed by atoms with Crippen molar-refractivity contribution in [2.24, 2.45) is 4.99 Å². The molecule has 0 aliphatic carbocycles. The zero-order valence-electron chi connectivity index (χ0n) is 11.7. The second-order valence-electron chi connectivity index (χ2n) is 4.35. The standard InChI is InChI=1S/C15H24ClN/c1-6-8-9-10-14(12(3)4)15(16)17-11-13(5)7-2/h9-11H,6-8H2,1-5H3/b10-9-,13-11-,17-15+. The summed E-state index contributed by atoms with van der Waals surface area (Å²) in [6, 6.07) is 0. The van der Waals surface area contributed by atoms with Crippen LogP contribution in [0.25, 0.3) is 0 Å². The van der Waals surface area contributed by atoms with Gasteiger partial charge in [0.15, 0.2) is 0 Å². The van der Waals surface area contributed by atoms with Crippen LogP contribution in [0, 0.1) is 0 Å². The van der Waals surface area contributed by atoms with E-state index in [9.17, 15) is 0 Å². The van der Waals surface area contributed by atoms with Gasteiger partial charge in [0.25, 0.3) is 0 Å². The Hall–Kier alpha value is -0.820. The summed E-state index contributed by atoms with van der Waals surface area (Å²) in [5.41, 5.74) is 3.45. The first-order chi connectivity index (χ1) is 8.02. The highest BCUT2D eigenvalue weighted by Crippen LogP contribution is 2.13. The highest BCUT2D eigenvalue weighted by molar-refractivity contribution is 6.70. The lowest BCUT2D eigenvalue weighted by Crippen LogP contribution is -1.93. The average molecular weight is 254 g/mol. The topological polar surface area (TPSA) is 12.4 Å². The van der Waals surface area contributed by atoms with Gasteiger partial charge in [-0.25, -0.2) is 4.99 Å². The molecular formula is C15H24ClN. The van der Waals surface area contributed by atoms with Crippen molar-refractivity contribution in [1.82, 2.24) is 0 Å². The van der Waals surface area contributed by atoms with Gasteiger partial charge in [-0.1, -0.05) is 55.2 Å². The van der Waals surface area contributed by atoms with Gasteiger partial charge in [-0.3, -0.25) is 0 Å². The van der Waals surface area contributed by atoms with Crippen molar-refractivity contribution >= 4 is 16.8 Å². The molecule has 2 heteroatoms. The van der Waals surface area contributed by atoms with E-state index in [0.717, 1.165) is 24.8 Å². The van der Waals surface area contributed by atoms with E-state index in [0.29, 0.717) is 5.17 Å². The maximum atomic E-state index is 6.22. The van der Waals surface area contributed by atoms with E-state index < -0.39 is 0 Å². The van der Waals surface area contributed by atoms with Gasteiger partial charge >= 0.3 is 0 Å². The Morgan fingerprint density at radius 3 is 2.29 bits per heavy atom. The summed E-state index contributed by atoms with van der Waals surface area (Å²) in [4.78, 5) is 4.31. The van der Waals surface area contributed by atoms with Crippen LogP contribution in [0.2, 0.25) is 0 Å².